The molecule has 0 saturated carbocycles. The highest BCUT2D eigenvalue weighted by molar-refractivity contribution is 5.83. The minimum atomic E-state index is -0.0413. The molecule has 1 heterocycles. The van der Waals surface area contributed by atoms with Crippen molar-refractivity contribution in [2.45, 2.75) is 32.6 Å². The maximum absolute atomic E-state index is 12.7. The zero-order chi connectivity index (χ0) is 16.5. The highest BCUT2D eigenvalue weighted by atomic mass is 16.1. The van der Waals surface area contributed by atoms with Crippen molar-refractivity contribution in [2.75, 3.05) is 39.3 Å². The third kappa shape index (κ3) is 5.63. The third-order valence-electron chi connectivity index (χ3n) is 4.81. The van der Waals surface area contributed by atoms with Crippen LogP contribution in [0.5, 0.6) is 0 Å². The molecule has 1 saturated heterocycles. The highest BCUT2D eigenvalue weighted by Crippen LogP contribution is 2.27. The molecule has 1 amide bonds. The molecule has 128 valence electrons. The zero-order valence-electron chi connectivity index (χ0n) is 14.6. The summed E-state index contributed by atoms with van der Waals surface area (Å²) in [6, 6.07) is 10.2. The van der Waals surface area contributed by atoms with E-state index in [-0.39, 0.29) is 11.8 Å². The Balaban J connectivity index is 1.81. The summed E-state index contributed by atoms with van der Waals surface area (Å²) in [5.41, 5.74) is 1.13. The van der Waals surface area contributed by atoms with Crippen molar-refractivity contribution < 1.29 is 4.79 Å². The molecule has 1 aromatic rings. The number of benzene rings is 1. The molecular formula is C19H31N3O. The van der Waals surface area contributed by atoms with E-state index >= 15 is 0 Å². The third-order valence-corrected chi connectivity index (χ3v) is 4.81. The quantitative estimate of drug-likeness (QED) is 0.723. The standard InChI is InChI=1S/C19H31N3O/c1-3-16(2)18(17-8-5-4-6-9-17)19(23)21-10-7-13-22-14-11-20-12-15-22/h4-6,8-9,16,18,20H,3,7,10-15H2,1-2H3,(H,21,23). The van der Waals surface area contributed by atoms with Crippen molar-refractivity contribution >= 4 is 5.91 Å². The number of hydrogen-bond donors (Lipinski definition) is 2. The van der Waals surface area contributed by atoms with E-state index in [0.29, 0.717) is 5.92 Å². The van der Waals surface area contributed by atoms with Gasteiger partial charge in [0.15, 0.2) is 0 Å². The number of nitrogens with zero attached hydrogens (tertiary/aromatic N) is 1. The van der Waals surface area contributed by atoms with Gasteiger partial charge in [0.2, 0.25) is 5.91 Å². The van der Waals surface area contributed by atoms with Crippen LogP contribution in [0.2, 0.25) is 0 Å². The minimum absolute atomic E-state index is 0.0413. The number of rotatable bonds is 8. The fourth-order valence-electron chi connectivity index (χ4n) is 3.19. The average Bonchev–Trinajstić information content (AvgIpc) is 2.60. The molecule has 0 bridgehead atoms. The van der Waals surface area contributed by atoms with E-state index in [1.165, 1.54) is 0 Å². The van der Waals surface area contributed by atoms with Crippen molar-refractivity contribution in [3.8, 4) is 0 Å². The molecular weight excluding hydrogens is 286 g/mol. The first-order valence-electron chi connectivity index (χ1n) is 8.98. The van der Waals surface area contributed by atoms with Crippen LogP contribution in [0.1, 0.15) is 38.2 Å². The Morgan fingerprint density at radius 3 is 2.61 bits per heavy atom. The van der Waals surface area contributed by atoms with Crippen LogP contribution in [0.15, 0.2) is 30.3 Å². The Bertz CT molecular complexity index is 457. The molecule has 23 heavy (non-hydrogen) atoms. The summed E-state index contributed by atoms with van der Waals surface area (Å²) in [6.45, 7) is 10.5. The average molecular weight is 317 g/mol. The van der Waals surface area contributed by atoms with Crippen molar-refractivity contribution in [1.29, 1.82) is 0 Å². The summed E-state index contributed by atoms with van der Waals surface area (Å²) in [5.74, 6) is 0.483. The predicted octanol–water partition coefficient (Wildman–Crippen LogP) is 2.23. The first-order valence-corrected chi connectivity index (χ1v) is 8.98. The number of carbonyl (C=O) groups excluding carboxylic acids is 1. The van der Waals surface area contributed by atoms with E-state index in [4.69, 9.17) is 0 Å². The second-order valence-electron chi connectivity index (χ2n) is 6.51. The molecule has 2 rings (SSSR count). The van der Waals surface area contributed by atoms with Crippen LogP contribution in [-0.2, 0) is 4.79 Å². The van der Waals surface area contributed by atoms with Gasteiger partial charge in [-0.1, -0.05) is 50.6 Å². The summed E-state index contributed by atoms with van der Waals surface area (Å²) < 4.78 is 0. The fourth-order valence-corrected chi connectivity index (χ4v) is 3.19. The smallest absolute Gasteiger partial charge is 0.227 e. The normalized spacial score (nSPS) is 18.3. The van der Waals surface area contributed by atoms with E-state index in [2.05, 4.69) is 41.5 Å². The maximum atomic E-state index is 12.7. The molecule has 0 spiro atoms. The van der Waals surface area contributed by atoms with Crippen molar-refractivity contribution in [3.05, 3.63) is 35.9 Å². The Hall–Kier alpha value is -1.39. The molecule has 2 unspecified atom stereocenters. The van der Waals surface area contributed by atoms with Gasteiger partial charge in [-0.3, -0.25) is 4.79 Å². The molecule has 2 N–H and O–H groups in total. The molecule has 0 aromatic heterocycles. The van der Waals surface area contributed by atoms with E-state index < -0.39 is 0 Å². The minimum Gasteiger partial charge on any atom is -0.356 e. The molecule has 1 aliphatic rings. The Kier molecular flexibility index (Phi) is 7.56. The lowest BCUT2D eigenvalue weighted by Crippen LogP contribution is -2.44. The monoisotopic (exact) mass is 317 g/mol. The summed E-state index contributed by atoms with van der Waals surface area (Å²) in [4.78, 5) is 15.1. The van der Waals surface area contributed by atoms with E-state index in [0.717, 1.165) is 57.7 Å². The summed E-state index contributed by atoms with van der Waals surface area (Å²) in [7, 11) is 0. The van der Waals surface area contributed by atoms with E-state index in [1.54, 1.807) is 0 Å². The van der Waals surface area contributed by atoms with Crippen molar-refractivity contribution in [3.63, 3.8) is 0 Å². The van der Waals surface area contributed by atoms with Crippen LogP contribution >= 0.6 is 0 Å². The first kappa shape index (κ1) is 18.0. The topological polar surface area (TPSA) is 44.4 Å². The molecule has 1 aliphatic heterocycles. The molecule has 0 aliphatic carbocycles. The van der Waals surface area contributed by atoms with Gasteiger partial charge < -0.3 is 15.5 Å². The number of piperazine rings is 1. The van der Waals surface area contributed by atoms with E-state index in [9.17, 15) is 4.79 Å². The first-order chi connectivity index (χ1) is 11.2. The Morgan fingerprint density at radius 1 is 1.26 bits per heavy atom. The van der Waals surface area contributed by atoms with Crippen molar-refractivity contribution in [1.82, 2.24) is 15.5 Å². The molecule has 0 radical (unpaired) electrons. The van der Waals surface area contributed by atoms with Gasteiger partial charge in [0, 0.05) is 32.7 Å². The van der Waals surface area contributed by atoms with Gasteiger partial charge in [0.05, 0.1) is 5.92 Å². The maximum Gasteiger partial charge on any atom is 0.227 e. The van der Waals surface area contributed by atoms with Crippen LogP contribution < -0.4 is 10.6 Å². The Labute approximate surface area is 140 Å². The van der Waals surface area contributed by atoms with Gasteiger partial charge in [-0.05, 0) is 24.4 Å². The molecule has 4 heteroatoms. The lowest BCUT2D eigenvalue weighted by atomic mass is 9.85. The van der Waals surface area contributed by atoms with Gasteiger partial charge >= 0.3 is 0 Å². The van der Waals surface area contributed by atoms with Crippen LogP contribution in [0.3, 0.4) is 0 Å². The van der Waals surface area contributed by atoms with Crippen LogP contribution in [0.25, 0.3) is 0 Å². The van der Waals surface area contributed by atoms with E-state index in [1.807, 2.05) is 18.2 Å². The molecule has 1 aromatic carbocycles. The van der Waals surface area contributed by atoms with Gasteiger partial charge in [0.1, 0.15) is 0 Å². The molecule has 2 atom stereocenters. The summed E-state index contributed by atoms with van der Waals surface area (Å²) in [5, 5.41) is 6.52. The van der Waals surface area contributed by atoms with Crippen LogP contribution in [0.4, 0.5) is 0 Å². The number of amides is 1. The van der Waals surface area contributed by atoms with Crippen LogP contribution in [-0.4, -0.2) is 50.1 Å². The van der Waals surface area contributed by atoms with Crippen molar-refractivity contribution in [2.24, 2.45) is 5.92 Å². The number of carbonyl (C=O) groups is 1. The number of nitrogens with one attached hydrogen (secondary N) is 2. The lowest BCUT2D eigenvalue weighted by Gasteiger charge is -2.27. The van der Waals surface area contributed by atoms with Gasteiger partial charge in [0.25, 0.3) is 0 Å². The Morgan fingerprint density at radius 2 is 1.96 bits per heavy atom. The van der Waals surface area contributed by atoms with Gasteiger partial charge in [-0.2, -0.15) is 0 Å². The fraction of sp³-hybridized carbons (Fsp3) is 0.632. The second kappa shape index (κ2) is 9.68. The van der Waals surface area contributed by atoms with Gasteiger partial charge in [-0.25, -0.2) is 0 Å². The second-order valence-corrected chi connectivity index (χ2v) is 6.51. The van der Waals surface area contributed by atoms with Gasteiger partial charge in [-0.15, -0.1) is 0 Å². The molecule has 1 fully saturated rings. The van der Waals surface area contributed by atoms with Crippen LogP contribution in [0, 0.1) is 5.92 Å². The predicted molar refractivity (Wildman–Crippen MR) is 95.6 cm³/mol. The summed E-state index contributed by atoms with van der Waals surface area (Å²) in [6.07, 6.45) is 2.03. The lowest BCUT2D eigenvalue weighted by molar-refractivity contribution is -0.123. The largest absolute Gasteiger partial charge is 0.356 e. The number of hydrogen-bond acceptors (Lipinski definition) is 3. The zero-order valence-corrected chi connectivity index (χ0v) is 14.6. The SMILES string of the molecule is CCC(C)C(C(=O)NCCCN1CCNCC1)c1ccccc1. The molecule has 4 nitrogen and oxygen atoms in total. The summed E-state index contributed by atoms with van der Waals surface area (Å²) >= 11 is 0. The highest BCUT2D eigenvalue weighted by Gasteiger charge is 2.25.